The first kappa shape index (κ1) is 14.5. The maximum atomic E-state index is 11.8. The number of aromatic hydroxyl groups is 1. The zero-order chi connectivity index (χ0) is 13.5. The second-order valence-electron chi connectivity index (χ2n) is 4.30. The maximum absolute atomic E-state index is 11.8. The molecule has 0 aliphatic carbocycles. The van der Waals surface area contributed by atoms with Gasteiger partial charge in [-0.1, -0.05) is 12.1 Å². The zero-order valence-electron chi connectivity index (χ0n) is 11.1. The molecule has 0 saturated heterocycles. The lowest BCUT2D eigenvalue weighted by Gasteiger charge is -2.17. The van der Waals surface area contributed by atoms with E-state index in [4.69, 9.17) is 9.47 Å². The Hall–Kier alpha value is -1.55. The quantitative estimate of drug-likeness (QED) is 0.789. The van der Waals surface area contributed by atoms with E-state index in [1.165, 1.54) is 0 Å². The molecule has 1 N–H and O–H groups in total. The Labute approximate surface area is 108 Å². The number of phenolic OH excluding ortho intramolecular Hbond substituents is 1. The lowest BCUT2D eigenvalue weighted by atomic mass is 10.1. The number of esters is 1. The van der Waals surface area contributed by atoms with E-state index in [9.17, 15) is 9.90 Å². The lowest BCUT2D eigenvalue weighted by molar-refractivity contribution is -0.160. The van der Waals surface area contributed by atoms with Gasteiger partial charge in [-0.05, 0) is 38.5 Å². The number of hydrogen-bond donors (Lipinski definition) is 1. The monoisotopic (exact) mass is 252 g/mol. The first-order chi connectivity index (χ1) is 8.52. The summed E-state index contributed by atoms with van der Waals surface area (Å²) in [7, 11) is 0. The molecule has 4 heteroatoms. The van der Waals surface area contributed by atoms with Crippen LogP contribution >= 0.6 is 0 Å². The van der Waals surface area contributed by atoms with Crippen LogP contribution in [0.25, 0.3) is 0 Å². The van der Waals surface area contributed by atoms with Gasteiger partial charge >= 0.3 is 5.97 Å². The van der Waals surface area contributed by atoms with Crippen LogP contribution in [0.2, 0.25) is 0 Å². The third-order valence-corrected chi connectivity index (χ3v) is 2.34. The molecule has 1 aromatic rings. The number of benzene rings is 1. The summed E-state index contributed by atoms with van der Waals surface area (Å²) in [5, 5.41) is 9.20. The molecular weight excluding hydrogens is 232 g/mol. The van der Waals surface area contributed by atoms with Crippen molar-refractivity contribution < 1.29 is 19.4 Å². The summed E-state index contributed by atoms with van der Waals surface area (Å²) in [5.41, 5.74) is 0.923. The normalized spacial score (nSPS) is 12.4. The van der Waals surface area contributed by atoms with Gasteiger partial charge in [0.25, 0.3) is 0 Å². The van der Waals surface area contributed by atoms with Crippen LogP contribution in [-0.4, -0.2) is 29.9 Å². The van der Waals surface area contributed by atoms with Crippen molar-refractivity contribution in [2.45, 2.75) is 39.4 Å². The molecule has 0 saturated carbocycles. The molecule has 0 fully saturated rings. The van der Waals surface area contributed by atoms with Crippen molar-refractivity contribution in [1.82, 2.24) is 0 Å². The molecule has 18 heavy (non-hydrogen) atoms. The van der Waals surface area contributed by atoms with Crippen LogP contribution in [0.1, 0.15) is 26.3 Å². The predicted molar refractivity (Wildman–Crippen MR) is 68.5 cm³/mol. The second-order valence-corrected chi connectivity index (χ2v) is 4.30. The number of carbonyl (C=O) groups is 1. The highest BCUT2D eigenvalue weighted by Crippen LogP contribution is 2.13. The molecule has 0 aromatic heterocycles. The molecule has 0 unspecified atom stereocenters. The number of phenols is 1. The largest absolute Gasteiger partial charge is 0.508 e. The van der Waals surface area contributed by atoms with Crippen LogP contribution in [-0.2, 0) is 20.7 Å². The maximum Gasteiger partial charge on any atom is 0.335 e. The Morgan fingerprint density at radius 2 is 1.89 bits per heavy atom. The van der Waals surface area contributed by atoms with Gasteiger partial charge in [-0.25, -0.2) is 4.79 Å². The third-order valence-electron chi connectivity index (χ3n) is 2.34. The minimum absolute atomic E-state index is 0.153. The molecule has 0 aliphatic heterocycles. The summed E-state index contributed by atoms with van der Waals surface area (Å²) in [4.78, 5) is 11.8. The molecule has 100 valence electrons. The second kappa shape index (κ2) is 7.01. The van der Waals surface area contributed by atoms with Crippen LogP contribution in [0.15, 0.2) is 24.3 Å². The lowest BCUT2D eigenvalue weighted by Crippen LogP contribution is -2.30. The van der Waals surface area contributed by atoms with Crippen molar-refractivity contribution >= 4 is 5.97 Å². The van der Waals surface area contributed by atoms with E-state index in [-0.39, 0.29) is 17.8 Å². The van der Waals surface area contributed by atoms with Crippen molar-refractivity contribution in [2.24, 2.45) is 0 Å². The summed E-state index contributed by atoms with van der Waals surface area (Å²) < 4.78 is 10.5. The van der Waals surface area contributed by atoms with Crippen LogP contribution < -0.4 is 0 Å². The molecule has 1 rings (SSSR count). The van der Waals surface area contributed by atoms with Gasteiger partial charge in [0.2, 0.25) is 0 Å². The van der Waals surface area contributed by atoms with Crippen LogP contribution in [0.5, 0.6) is 5.75 Å². The smallest absolute Gasteiger partial charge is 0.335 e. The van der Waals surface area contributed by atoms with Crippen LogP contribution in [0.3, 0.4) is 0 Å². The standard InChI is InChI=1S/C14H20O4/c1-4-17-13(14(16)18-10(2)3)9-11-5-7-12(15)8-6-11/h5-8,10,13,15H,4,9H2,1-3H3/t13-/m0/s1. The SMILES string of the molecule is CCO[C@@H](Cc1ccc(O)cc1)C(=O)OC(C)C. The Morgan fingerprint density at radius 3 is 2.39 bits per heavy atom. The van der Waals surface area contributed by atoms with Crippen molar-refractivity contribution in [2.75, 3.05) is 6.61 Å². The van der Waals surface area contributed by atoms with Crippen LogP contribution in [0, 0.1) is 0 Å². The van der Waals surface area contributed by atoms with E-state index in [0.717, 1.165) is 5.56 Å². The molecule has 0 bridgehead atoms. The average molecular weight is 252 g/mol. The van der Waals surface area contributed by atoms with Gasteiger partial charge in [-0.15, -0.1) is 0 Å². The van der Waals surface area contributed by atoms with Gasteiger partial charge in [-0.2, -0.15) is 0 Å². The molecule has 0 radical (unpaired) electrons. The van der Waals surface area contributed by atoms with E-state index in [0.29, 0.717) is 13.0 Å². The number of carbonyl (C=O) groups excluding carboxylic acids is 1. The molecule has 1 aromatic carbocycles. The Kier molecular flexibility index (Phi) is 5.65. The number of hydrogen-bond acceptors (Lipinski definition) is 4. The molecule has 0 aliphatic rings. The van der Waals surface area contributed by atoms with Gasteiger partial charge in [0.15, 0.2) is 6.10 Å². The first-order valence-electron chi connectivity index (χ1n) is 6.13. The van der Waals surface area contributed by atoms with E-state index < -0.39 is 6.10 Å². The minimum atomic E-state index is -0.595. The summed E-state index contributed by atoms with van der Waals surface area (Å²) in [6.45, 7) is 5.91. The molecular formula is C14H20O4. The minimum Gasteiger partial charge on any atom is -0.508 e. The third kappa shape index (κ3) is 4.75. The highest BCUT2D eigenvalue weighted by atomic mass is 16.6. The fourth-order valence-corrected chi connectivity index (χ4v) is 1.57. The highest BCUT2D eigenvalue weighted by Gasteiger charge is 2.21. The zero-order valence-corrected chi connectivity index (χ0v) is 11.1. The summed E-state index contributed by atoms with van der Waals surface area (Å²) >= 11 is 0. The Bertz CT molecular complexity index is 370. The first-order valence-corrected chi connectivity index (χ1v) is 6.13. The summed E-state index contributed by atoms with van der Waals surface area (Å²) in [6.07, 6.45) is -0.304. The Morgan fingerprint density at radius 1 is 1.28 bits per heavy atom. The fraction of sp³-hybridized carbons (Fsp3) is 0.500. The van der Waals surface area contributed by atoms with Gasteiger partial charge < -0.3 is 14.6 Å². The molecule has 0 heterocycles. The van der Waals surface area contributed by atoms with Crippen molar-refractivity contribution in [3.63, 3.8) is 0 Å². The molecule has 0 amide bonds. The average Bonchev–Trinajstić information content (AvgIpc) is 2.30. The van der Waals surface area contributed by atoms with Crippen molar-refractivity contribution in [3.05, 3.63) is 29.8 Å². The molecule has 4 nitrogen and oxygen atoms in total. The Balaban J connectivity index is 2.67. The molecule has 0 spiro atoms. The van der Waals surface area contributed by atoms with E-state index in [1.54, 1.807) is 24.3 Å². The van der Waals surface area contributed by atoms with Gasteiger partial charge in [0.05, 0.1) is 6.10 Å². The van der Waals surface area contributed by atoms with Crippen molar-refractivity contribution in [1.29, 1.82) is 0 Å². The van der Waals surface area contributed by atoms with Gasteiger partial charge in [0, 0.05) is 13.0 Å². The molecule has 1 atom stereocenters. The van der Waals surface area contributed by atoms with E-state index >= 15 is 0 Å². The topological polar surface area (TPSA) is 55.8 Å². The predicted octanol–water partition coefficient (Wildman–Crippen LogP) is 2.29. The van der Waals surface area contributed by atoms with Crippen LogP contribution in [0.4, 0.5) is 0 Å². The summed E-state index contributed by atoms with van der Waals surface area (Å²) in [5.74, 6) is -0.142. The van der Waals surface area contributed by atoms with Gasteiger partial charge in [0.1, 0.15) is 5.75 Å². The number of rotatable bonds is 6. The summed E-state index contributed by atoms with van der Waals surface area (Å²) in [6, 6.07) is 6.71. The highest BCUT2D eigenvalue weighted by molar-refractivity contribution is 5.75. The van der Waals surface area contributed by atoms with E-state index in [2.05, 4.69) is 0 Å². The van der Waals surface area contributed by atoms with Crippen molar-refractivity contribution in [3.8, 4) is 5.75 Å². The van der Waals surface area contributed by atoms with E-state index in [1.807, 2.05) is 20.8 Å². The fourth-order valence-electron chi connectivity index (χ4n) is 1.57. The number of ether oxygens (including phenoxy) is 2. The van der Waals surface area contributed by atoms with Gasteiger partial charge in [-0.3, -0.25) is 0 Å².